The van der Waals surface area contributed by atoms with Crippen LogP contribution in [-0.2, 0) is 9.84 Å². The third-order valence-electron chi connectivity index (χ3n) is 1.92. The number of hydrogen-bond donors (Lipinski definition) is 1. The molecule has 0 aromatic carbocycles. The van der Waals surface area contributed by atoms with Gasteiger partial charge in [-0.25, -0.2) is 8.42 Å². The van der Waals surface area contributed by atoms with E-state index >= 15 is 0 Å². The van der Waals surface area contributed by atoms with Crippen LogP contribution < -0.4 is 5.32 Å². The zero-order chi connectivity index (χ0) is 11.0. The van der Waals surface area contributed by atoms with Crippen molar-refractivity contribution in [3.63, 3.8) is 0 Å². The van der Waals surface area contributed by atoms with Crippen LogP contribution in [-0.4, -0.2) is 33.5 Å². The van der Waals surface area contributed by atoms with E-state index in [2.05, 4.69) is 19.2 Å². The lowest BCUT2D eigenvalue weighted by molar-refractivity contribution is 0.533. The summed E-state index contributed by atoms with van der Waals surface area (Å²) in [6, 6.07) is 0. The first-order chi connectivity index (χ1) is 6.42. The first kappa shape index (κ1) is 13.9. The molecule has 0 aliphatic carbocycles. The SMILES string of the molecule is CC(C)CNCCCCCS(C)(=O)=O. The van der Waals surface area contributed by atoms with Crippen molar-refractivity contribution in [1.82, 2.24) is 5.32 Å². The van der Waals surface area contributed by atoms with Crippen LogP contribution in [0.5, 0.6) is 0 Å². The second kappa shape index (κ2) is 7.23. The van der Waals surface area contributed by atoms with Gasteiger partial charge in [-0.3, -0.25) is 0 Å². The van der Waals surface area contributed by atoms with Crippen molar-refractivity contribution >= 4 is 9.84 Å². The molecule has 3 nitrogen and oxygen atoms in total. The Kier molecular flexibility index (Phi) is 7.19. The number of sulfone groups is 1. The van der Waals surface area contributed by atoms with Gasteiger partial charge in [-0.2, -0.15) is 0 Å². The van der Waals surface area contributed by atoms with Crippen molar-refractivity contribution in [3.8, 4) is 0 Å². The molecule has 0 saturated heterocycles. The lowest BCUT2D eigenvalue weighted by Gasteiger charge is -2.06. The fourth-order valence-electron chi connectivity index (χ4n) is 1.18. The minimum atomic E-state index is -2.75. The van der Waals surface area contributed by atoms with E-state index in [0.29, 0.717) is 11.7 Å². The minimum absolute atomic E-state index is 0.331. The molecule has 0 fully saturated rings. The quantitative estimate of drug-likeness (QED) is 0.631. The predicted octanol–water partition coefficient (Wildman–Crippen LogP) is 1.45. The molecule has 0 rings (SSSR count). The molecule has 0 aromatic rings. The first-order valence-corrected chi connectivity index (χ1v) is 7.36. The third-order valence-corrected chi connectivity index (χ3v) is 2.95. The van der Waals surface area contributed by atoms with E-state index < -0.39 is 9.84 Å². The normalized spacial score (nSPS) is 12.3. The Bertz CT molecular complexity index is 222. The van der Waals surface area contributed by atoms with Gasteiger partial charge in [-0.1, -0.05) is 20.3 Å². The fourth-order valence-corrected chi connectivity index (χ4v) is 1.91. The Hall–Kier alpha value is -0.0900. The second-order valence-electron chi connectivity index (χ2n) is 4.29. The molecule has 0 radical (unpaired) electrons. The van der Waals surface area contributed by atoms with Crippen LogP contribution in [0.4, 0.5) is 0 Å². The Labute approximate surface area is 88.2 Å². The monoisotopic (exact) mass is 221 g/mol. The zero-order valence-electron chi connectivity index (χ0n) is 9.54. The van der Waals surface area contributed by atoms with Gasteiger partial charge >= 0.3 is 0 Å². The van der Waals surface area contributed by atoms with E-state index in [4.69, 9.17) is 0 Å². The number of nitrogens with one attached hydrogen (secondary N) is 1. The molecule has 0 atom stereocenters. The lowest BCUT2D eigenvalue weighted by Crippen LogP contribution is -2.20. The first-order valence-electron chi connectivity index (χ1n) is 5.30. The molecule has 0 amide bonds. The second-order valence-corrected chi connectivity index (χ2v) is 6.55. The molecule has 14 heavy (non-hydrogen) atoms. The number of unbranched alkanes of at least 4 members (excludes halogenated alkanes) is 2. The number of hydrogen-bond acceptors (Lipinski definition) is 3. The summed E-state index contributed by atoms with van der Waals surface area (Å²) in [6.45, 7) is 6.40. The maximum absolute atomic E-state index is 10.8. The molecule has 0 aliphatic heterocycles. The van der Waals surface area contributed by atoms with E-state index in [9.17, 15) is 8.42 Å². The van der Waals surface area contributed by atoms with E-state index in [1.807, 2.05) is 0 Å². The van der Waals surface area contributed by atoms with Crippen molar-refractivity contribution in [1.29, 1.82) is 0 Å². The highest BCUT2D eigenvalue weighted by molar-refractivity contribution is 7.90. The van der Waals surface area contributed by atoms with Crippen LogP contribution in [0.25, 0.3) is 0 Å². The van der Waals surface area contributed by atoms with Gasteiger partial charge in [-0.05, 0) is 31.8 Å². The van der Waals surface area contributed by atoms with Crippen molar-refractivity contribution in [3.05, 3.63) is 0 Å². The fraction of sp³-hybridized carbons (Fsp3) is 1.00. The smallest absolute Gasteiger partial charge is 0.147 e. The molecular formula is C10H23NO2S. The molecule has 0 spiro atoms. The average molecular weight is 221 g/mol. The topological polar surface area (TPSA) is 46.2 Å². The van der Waals surface area contributed by atoms with Crippen LogP contribution in [0.1, 0.15) is 33.1 Å². The Morgan fingerprint density at radius 3 is 2.29 bits per heavy atom. The largest absolute Gasteiger partial charge is 0.316 e. The summed E-state index contributed by atoms with van der Waals surface area (Å²) in [5, 5.41) is 3.33. The van der Waals surface area contributed by atoms with Gasteiger partial charge in [0.15, 0.2) is 0 Å². The molecule has 1 N–H and O–H groups in total. The zero-order valence-corrected chi connectivity index (χ0v) is 10.4. The van der Waals surface area contributed by atoms with Gasteiger partial charge < -0.3 is 5.32 Å². The summed E-state index contributed by atoms with van der Waals surface area (Å²) in [4.78, 5) is 0. The van der Waals surface area contributed by atoms with Gasteiger partial charge in [0.05, 0.1) is 0 Å². The van der Waals surface area contributed by atoms with Crippen LogP contribution in [0.15, 0.2) is 0 Å². The van der Waals surface area contributed by atoms with Gasteiger partial charge in [0.25, 0.3) is 0 Å². The van der Waals surface area contributed by atoms with Gasteiger partial charge in [0, 0.05) is 12.0 Å². The summed E-state index contributed by atoms with van der Waals surface area (Å²) in [5.41, 5.74) is 0. The highest BCUT2D eigenvalue weighted by Gasteiger charge is 2.00. The van der Waals surface area contributed by atoms with Crippen LogP contribution >= 0.6 is 0 Å². The summed E-state index contributed by atoms with van der Waals surface area (Å²) in [7, 11) is -2.75. The van der Waals surface area contributed by atoms with Gasteiger partial charge in [0.2, 0.25) is 0 Å². The van der Waals surface area contributed by atoms with E-state index in [-0.39, 0.29) is 0 Å². The molecule has 0 heterocycles. The molecule has 0 unspecified atom stereocenters. The van der Waals surface area contributed by atoms with Gasteiger partial charge in [-0.15, -0.1) is 0 Å². The molecule has 86 valence electrons. The van der Waals surface area contributed by atoms with Crippen LogP contribution in [0.2, 0.25) is 0 Å². The number of rotatable bonds is 8. The highest BCUT2D eigenvalue weighted by Crippen LogP contribution is 1.97. The maximum Gasteiger partial charge on any atom is 0.147 e. The minimum Gasteiger partial charge on any atom is -0.316 e. The van der Waals surface area contributed by atoms with E-state index in [0.717, 1.165) is 32.4 Å². The molecule has 0 aromatic heterocycles. The Morgan fingerprint density at radius 2 is 1.79 bits per heavy atom. The molecule has 0 bridgehead atoms. The van der Waals surface area contributed by atoms with Crippen LogP contribution in [0.3, 0.4) is 0 Å². The van der Waals surface area contributed by atoms with Crippen molar-refractivity contribution in [2.45, 2.75) is 33.1 Å². The maximum atomic E-state index is 10.8. The van der Waals surface area contributed by atoms with E-state index in [1.54, 1.807) is 0 Å². The predicted molar refractivity (Wildman–Crippen MR) is 61.3 cm³/mol. The standard InChI is InChI=1S/C10H23NO2S/c1-10(2)9-11-7-5-4-6-8-14(3,12)13/h10-11H,4-9H2,1-3H3. The summed E-state index contributed by atoms with van der Waals surface area (Å²) in [5.74, 6) is 1.02. The Balaban J connectivity index is 3.15. The summed E-state index contributed by atoms with van der Waals surface area (Å²) in [6.07, 6.45) is 4.16. The molecular weight excluding hydrogens is 198 g/mol. The summed E-state index contributed by atoms with van der Waals surface area (Å²) < 4.78 is 21.6. The molecule has 0 saturated carbocycles. The van der Waals surface area contributed by atoms with Crippen molar-refractivity contribution in [2.24, 2.45) is 5.92 Å². The van der Waals surface area contributed by atoms with Crippen molar-refractivity contribution in [2.75, 3.05) is 25.1 Å². The molecule has 0 aliphatic rings. The van der Waals surface area contributed by atoms with Crippen LogP contribution in [0, 0.1) is 5.92 Å². The third kappa shape index (κ3) is 11.9. The van der Waals surface area contributed by atoms with Crippen molar-refractivity contribution < 1.29 is 8.42 Å². The van der Waals surface area contributed by atoms with Gasteiger partial charge in [0.1, 0.15) is 9.84 Å². The van der Waals surface area contributed by atoms with E-state index in [1.165, 1.54) is 6.26 Å². The highest BCUT2D eigenvalue weighted by atomic mass is 32.2. The average Bonchev–Trinajstić information content (AvgIpc) is 2.00. The summed E-state index contributed by atoms with van der Waals surface area (Å²) >= 11 is 0. The Morgan fingerprint density at radius 1 is 1.14 bits per heavy atom. The molecule has 4 heteroatoms. The lowest BCUT2D eigenvalue weighted by atomic mass is 10.2.